The molecule has 0 atom stereocenters. The van der Waals surface area contributed by atoms with E-state index in [4.69, 9.17) is 23.9 Å². The minimum Gasteiger partial charge on any atom is -0.497 e. The van der Waals surface area contributed by atoms with Crippen LogP contribution in [-0.2, 0) is 6.18 Å². The van der Waals surface area contributed by atoms with Gasteiger partial charge in [-0.05, 0) is 55.0 Å². The predicted octanol–water partition coefficient (Wildman–Crippen LogP) is 5.76. The van der Waals surface area contributed by atoms with Crippen molar-refractivity contribution in [2.24, 2.45) is 4.99 Å². The molecule has 1 fully saturated rings. The van der Waals surface area contributed by atoms with Crippen molar-refractivity contribution in [1.29, 1.82) is 0 Å². The Balaban J connectivity index is 1.48. The number of amidine groups is 1. The van der Waals surface area contributed by atoms with E-state index in [0.717, 1.165) is 12.1 Å². The predicted molar refractivity (Wildman–Crippen MR) is 142 cm³/mol. The van der Waals surface area contributed by atoms with E-state index in [0.29, 0.717) is 72.6 Å². The monoisotopic (exact) mass is 555 g/mol. The van der Waals surface area contributed by atoms with Gasteiger partial charge in [0.1, 0.15) is 34.5 Å². The Bertz CT molecular complexity index is 1440. The minimum absolute atomic E-state index is 0.0700. The SMILES string of the molecule is COc1cc(OC)cc(C(=O)N2CCCN(C3=Nc4cc(C(F)(F)F)ccc4Oc4ccc(OC)cc43)CC2)c1. The molecule has 0 N–H and O–H groups in total. The molecule has 0 aromatic heterocycles. The molecule has 3 aromatic carbocycles. The first-order valence-corrected chi connectivity index (χ1v) is 12.6. The van der Waals surface area contributed by atoms with Gasteiger partial charge in [0.05, 0.1) is 32.5 Å². The molecule has 0 radical (unpaired) electrons. The number of nitrogens with zero attached hydrogens (tertiary/aromatic N) is 3. The molecule has 210 valence electrons. The number of fused-ring (bicyclic) bond motifs is 2. The summed E-state index contributed by atoms with van der Waals surface area (Å²) in [5.74, 6) is 2.50. The molecule has 2 aliphatic rings. The third kappa shape index (κ3) is 5.49. The fraction of sp³-hybridized carbons (Fsp3) is 0.310. The first kappa shape index (κ1) is 27.2. The molecular weight excluding hydrogens is 527 g/mol. The van der Waals surface area contributed by atoms with Crippen LogP contribution in [0.4, 0.5) is 18.9 Å². The Morgan fingerprint density at radius 1 is 0.825 bits per heavy atom. The topological polar surface area (TPSA) is 72.8 Å². The van der Waals surface area contributed by atoms with Crippen LogP contribution >= 0.6 is 0 Å². The van der Waals surface area contributed by atoms with Gasteiger partial charge in [0.2, 0.25) is 0 Å². The van der Waals surface area contributed by atoms with Crippen molar-refractivity contribution in [2.75, 3.05) is 47.5 Å². The zero-order valence-corrected chi connectivity index (χ0v) is 22.2. The number of halogens is 3. The molecule has 0 bridgehead atoms. The normalized spacial score (nSPS) is 15.1. The van der Waals surface area contributed by atoms with E-state index in [9.17, 15) is 18.0 Å². The van der Waals surface area contributed by atoms with E-state index < -0.39 is 11.7 Å². The number of carbonyl (C=O) groups is 1. The fourth-order valence-corrected chi connectivity index (χ4v) is 4.75. The average Bonchev–Trinajstić information content (AvgIpc) is 3.30. The second-order valence-corrected chi connectivity index (χ2v) is 9.31. The number of benzene rings is 3. The highest BCUT2D eigenvalue weighted by Gasteiger charge is 2.33. The molecule has 11 heteroatoms. The Morgan fingerprint density at radius 3 is 2.20 bits per heavy atom. The quantitative estimate of drug-likeness (QED) is 0.408. The van der Waals surface area contributed by atoms with Crippen molar-refractivity contribution in [3.8, 4) is 28.7 Å². The summed E-state index contributed by atoms with van der Waals surface area (Å²) >= 11 is 0. The van der Waals surface area contributed by atoms with Gasteiger partial charge in [-0.1, -0.05) is 0 Å². The molecule has 5 rings (SSSR count). The largest absolute Gasteiger partial charge is 0.497 e. The lowest BCUT2D eigenvalue weighted by Crippen LogP contribution is -2.37. The molecule has 0 saturated carbocycles. The number of amides is 1. The highest BCUT2D eigenvalue weighted by molar-refractivity contribution is 6.04. The number of ether oxygens (including phenoxy) is 4. The lowest BCUT2D eigenvalue weighted by molar-refractivity contribution is -0.137. The summed E-state index contributed by atoms with van der Waals surface area (Å²) in [7, 11) is 4.57. The molecule has 0 aliphatic carbocycles. The lowest BCUT2D eigenvalue weighted by Gasteiger charge is -2.25. The molecule has 3 aromatic rings. The number of carbonyl (C=O) groups excluding carboxylic acids is 1. The average molecular weight is 556 g/mol. The number of methoxy groups -OCH3 is 3. The van der Waals surface area contributed by atoms with E-state index in [-0.39, 0.29) is 17.3 Å². The van der Waals surface area contributed by atoms with Crippen molar-refractivity contribution in [2.45, 2.75) is 12.6 Å². The molecule has 0 unspecified atom stereocenters. The van der Waals surface area contributed by atoms with Crippen LogP contribution in [0, 0.1) is 0 Å². The van der Waals surface area contributed by atoms with Gasteiger partial charge in [0.25, 0.3) is 5.91 Å². The van der Waals surface area contributed by atoms with Crippen LogP contribution in [0.2, 0.25) is 0 Å². The summed E-state index contributed by atoms with van der Waals surface area (Å²) in [6.07, 6.45) is -3.92. The number of aliphatic imine (C=N–C) groups is 1. The van der Waals surface area contributed by atoms with Crippen molar-refractivity contribution >= 4 is 17.4 Å². The number of rotatable bonds is 4. The lowest BCUT2D eigenvalue weighted by atomic mass is 10.1. The summed E-state index contributed by atoms with van der Waals surface area (Å²) in [6.45, 7) is 1.77. The first-order chi connectivity index (χ1) is 19.2. The van der Waals surface area contributed by atoms with Crippen molar-refractivity contribution in [1.82, 2.24) is 9.80 Å². The summed E-state index contributed by atoms with van der Waals surface area (Å²) in [6, 6.07) is 13.5. The highest BCUT2D eigenvalue weighted by atomic mass is 19.4. The Hall–Kier alpha value is -4.41. The smallest absolute Gasteiger partial charge is 0.416 e. The molecule has 2 heterocycles. The summed E-state index contributed by atoms with van der Waals surface area (Å²) < 4.78 is 62.6. The third-order valence-corrected chi connectivity index (χ3v) is 6.84. The van der Waals surface area contributed by atoms with Gasteiger partial charge >= 0.3 is 6.18 Å². The number of hydrogen-bond acceptors (Lipinski definition) is 7. The van der Waals surface area contributed by atoms with Crippen LogP contribution in [0.5, 0.6) is 28.7 Å². The van der Waals surface area contributed by atoms with Gasteiger partial charge in [-0.3, -0.25) is 4.79 Å². The third-order valence-electron chi connectivity index (χ3n) is 6.84. The fourth-order valence-electron chi connectivity index (χ4n) is 4.75. The molecule has 1 saturated heterocycles. The van der Waals surface area contributed by atoms with Crippen LogP contribution in [0.3, 0.4) is 0 Å². The highest BCUT2D eigenvalue weighted by Crippen LogP contribution is 2.42. The Morgan fingerprint density at radius 2 is 1.52 bits per heavy atom. The van der Waals surface area contributed by atoms with E-state index in [1.807, 2.05) is 4.90 Å². The van der Waals surface area contributed by atoms with E-state index in [2.05, 4.69) is 0 Å². The van der Waals surface area contributed by atoms with E-state index in [1.165, 1.54) is 27.4 Å². The molecule has 40 heavy (non-hydrogen) atoms. The van der Waals surface area contributed by atoms with Crippen LogP contribution in [0.15, 0.2) is 59.6 Å². The zero-order valence-electron chi connectivity index (χ0n) is 22.2. The van der Waals surface area contributed by atoms with Crippen LogP contribution in [-0.4, -0.2) is 69.1 Å². The maximum absolute atomic E-state index is 13.5. The van der Waals surface area contributed by atoms with E-state index >= 15 is 0 Å². The van der Waals surface area contributed by atoms with Gasteiger partial charge in [-0.15, -0.1) is 0 Å². The van der Waals surface area contributed by atoms with E-state index in [1.54, 1.807) is 41.3 Å². The number of alkyl halides is 3. The summed E-state index contributed by atoms with van der Waals surface area (Å²) in [4.78, 5) is 21.8. The molecular formula is C29H28F3N3O5. The maximum Gasteiger partial charge on any atom is 0.416 e. The van der Waals surface area contributed by atoms with Crippen LogP contribution < -0.4 is 18.9 Å². The van der Waals surface area contributed by atoms with Gasteiger partial charge in [0, 0.05) is 37.8 Å². The van der Waals surface area contributed by atoms with Gasteiger partial charge in [-0.2, -0.15) is 13.2 Å². The standard InChI is InChI=1S/C29H28F3N3O5/c1-37-20-6-8-25-23(17-20)27(33-24-15-19(29(30,31)32)5-7-26(24)40-25)34-9-4-10-35(12-11-34)28(36)18-13-21(38-2)16-22(14-18)39-3/h5-8,13-17H,4,9-12H2,1-3H3. The summed E-state index contributed by atoms with van der Waals surface area (Å²) in [5, 5.41) is 0. The van der Waals surface area contributed by atoms with Crippen molar-refractivity contribution < 1.29 is 36.9 Å². The number of hydrogen-bond donors (Lipinski definition) is 0. The zero-order chi connectivity index (χ0) is 28.4. The Kier molecular flexibility index (Phi) is 7.46. The van der Waals surface area contributed by atoms with Gasteiger partial charge in [0.15, 0.2) is 5.75 Å². The molecule has 8 nitrogen and oxygen atoms in total. The van der Waals surface area contributed by atoms with Crippen LogP contribution in [0.1, 0.15) is 27.9 Å². The maximum atomic E-state index is 13.5. The minimum atomic E-state index is -4.53. The molecule has 1 amide bonds. The molecule has 2 aliphatic heterocycles. The van der Waals surface area contributed by atoms with Gasteiger partial charge in [-0.25, -0.2) is 4.99 Å². The van der Waals surface area contributed by atoms with Crippen LogP contribution in [0.25, 0.3) is 0 Å². The molecule has 0 spiro atoms. The second kappa shape index (κ2) is 11.0. The van der Waals surface area contributed by atoms with Gasteiger partial charge < -0.3 is 28.7 Å². The summed E-state index contributed by atoms with van der Waals surface area (Å²) in [5.41, 5.74) is 0.276. The first-order valence-electron chi connectivity index (χ1n) is 12.6. The second-order valence-electron chi connectivity index (χ2n) is 9.31. The Labute approximate surface area is 229 Å². The van der Waals surface area contributed by atoms with Crippen molar-refractivity contribution in [3.63, 3.8) is 0 Å². The van der Waals surface area contributed by atoms with Crippen molar-refractivity contribution in [3.05, 3.63) is 71.3 Å².